The van der Waals surface area contributed by atoms with Crippen molar-refractivity contribution in [3.8, 4) is 11.1 Å². The summed E-state index contributed by atoms with van der Waals surface area (Å²) in [5.41, 5.74) is 8.78. The van der Waals surface area contributed by atoms with Crippen molar-refractivity contribution in [2.24, 2.45) is 13.0 Å². The van der Waals surface area contributed by atoms with Gasteiger partial charge in [0.25, 0.3) is 0 Å². The quantitative estimate of drug-likeness (QED) is 0.681. The van der Waals surface area contributed by atoms with Gasteiger partial charge in [0.05, 0.1) is 12.4 Å². The van der Waals surface area contributed by atoms with Gasteiger partial charge in [-0.05, 0) is 25.7 Å². The van der Waals surface area contributed by atoms with E-state index in [0.29, 0.717) is 18.2 Å². The van der Waals surface area contributed by atoms with Gasteiger partial charge in [0.2, 0.25) is 0 Å². The summed E-state index contributed by atoms with van der Waals surface area (Å²) in [5, 5.41) is 18.3. The molecule has 0 amide bonds. The van der Waals surface area contributed by atoms with Gasteiger partial charge in [0, 0.05) is 62.8 Å². The van der Waals surface area contributed by atoms with Crippen molar-refractivity contribution < 1.29 is 9.90 Å². The van der Waals surface area contributed by atoms with Gasteiger partial charge in [0.1, 0.15) is 17.9 Å². The minimum Gasteiger partial charge on any atom is -0.400 e. The molecule has 0 aromatic carbocycles. The summed E-state index contributed by atoms with van der Waals surface area (Å²) < 4.78 is 1.74. The highest BCUT2D eigenvalue weighted by atomic mass is 16.2. The van der Waals surface area contributed by atoms with E-state index in [1.807, 2.05) is 20.2 Å². The second kappa shape index (κ2) is 10.4. The van der Waals surface area contributed by atoms with E-state index in [2.05, 4.69) is 20.2 Å². The fourth-order valence-electron chi connectivity index (χ4n) is 3.19. The monoisotopic (exact) mass is 387 g/mol. The van der Waals surface area contributed by atoms with Crippen molar-refractivity contribution in [2.75, 3.05) is 30.8 Å². The molecule has 0 aliphatic carbocycles. The normalized spacial score (nSPS) is 14.1. The predicted octanol–water partition coefficient (Wildman–Crippen LogP) is 1.63. The zero-order chi connectivity index (χ0) is 20.5. The molecule has 0 atom stereocenters. The third-order valence-corrected chi connectivity index (χ3v) is 4.84. The Morgan fingerprint density at radius 3 is 2.57 bits per heavy atom. The zero-order valence-corrected chi connectivity index (χ0v) is 16.7. The maximum absolute atomic E-state index is 10.7. The van der Waals surface area contributed by atoms with Crippen LogP contribution in [-0.4, -0.2) is 56.6 Å². The number of aldehydes is 1. The summed E-state index contributed by atoms with van der Waals surface area (Å²) >= 11 is 0. The van der Waals surface area contributed by atoms with Crippen LogP contribution in [0.25, 0.3) is 11.1 Å². The second-order valence-corrected chi connectivity index (χ2v) is 6.68. The third-order valence-electron chi connectivity index (χ3n) is 4.84. The number of piperidine rings is 1. The molecule has 1 aliphatic rings. The first-order valence-corrected chi connectivity index (χ1v) is 9.24. The summed E-state index contributed by atoms with van der Waals surface area (Å²) in [6.07, 6.45) is 10.8. The van der Waals surface area contributed by atoms with Crippen LogP contribution in [0.4, 0.5) is 11.6 Å². The molecule has 3 rings (SSSR count). The Kier molecular flexibility index (Phi) is 7.94. The molecule has 2 aromatic heterocycles. The van der Waals surface area contributed by atoms with E-state index in [9.17, 15) is 4.79 Å². The van der Waals surface area contributed by atoms with Crippen LogP contribution in [0, 0.1) is 12.8 Å². The molecule has 152 valence electrons. The van der Waals surface area contributed by atoms with E-state index in [-0.39, 0.29) is 0 Å². The highest BCUT2D eigenvalue weighted by Crippen LogP contribution is 2.26. The average Bonchev–Trinajstić information content (AvgIpc) is 3.16. The summed E-state index contributed by atoms with van der Waals surface area (Å²) in [4.78, 5) is 17.7. The van der Waals surface area contributed by atoms with Crippen LogP contribution in [0.5, 0.6) is 0 Å². The number of nitrogens with two attached hydrogens (primary N) is 1. The standard InChI is InChI=1S/C18H25N7O.CH4O/c1-13-17(19)23-21-10-15(16-11-22-24(2)12-16)9-20-18(13)25-6-3-14(4-7-25)5-8-26;1-2/h8-12,14,23H,3-7,19H2,1-2H3;2H,1H3. The highest BCUT2D eigenvalue weighted by molar-refractivity contribution is 5.60. The van der Waals surface area contributed by atoms with Crippen LogP contribution in [0.15, 0.2) is 24.8 Å². The smallest absolute Gasteiger partial charge is 0.135 e. The van der Waals surface area contributed by atoms with Crippen molar-refractivity contribution in [3.63, 3.8) is 0 Å². The van der Waals surface area contributed by atoms with Crippen molar-refractivity contribution in [3.05, 3.63) is 30.4 Å². The molecular weight excluding hydrogens is 358 g/mol. The van der Waals surface area contributed by atoms with Crippen LogP contribution in [0.1, 0.15) is 24.8 Å². The molecule has 9 nitrogen and oxygen atoms in total. The molecule has 9 heteroatoms. The number of hydrogen-bond acceptors (Lipinski definition) is 7. The molecule has 4 N–H and O–H groups in total. The maximum atomic E-state index is 10.7. The fraction of sp³-hybridized carbons (Fsp3) is 0.474. The van der Waals surface area contributed by atoms with Crippen LogP contribution in [0.2, 0.25) is 0 Å². The number of nitrogens with zero attached hydrogens (tertiary/aromatic N) is 5. The number of nitrogens with one attached hydrogen (secondary N) is 1. The van der Waals surface area contributed by atoms with Gasteiger partial charge in [-0.1, -0.05) is 0 Å². The maximum Gasteiger partial charge on any atom is 0.135 e. The van der Waals surface area contributed by atoms with E-state index in [1.54, 1.807) is 23.3 Å². The zero-order valence-electron chi connectivity index (χ0n) is 16.7. The Bertz CT molecular complexity index is 821. The number of carbonyl (C=O) groups is 1. The number of rotatable bonds is 4. The fourth-order valence-corrected chi connectivity index (χ4v) is 3.19. The number of aromatic nitrogens is 5. The molecule has 0 radical (unpaired) electrons. The van der Waals surface area contributed by atoms with E-state index in [0.717, 1.165) is 61.8 Å². The molecule has 1 aliphatic heterocycles. The molecule has 0 bridgehead atoms. The Hall–Kier alpha value is -2.94. The van der Waals surface area contributed by atoms with E-state index >= 15 is 0 Å². The number of anilines is 2. The van der Waals surface area contributed by atoms with Crippen LogP contribution >= 0.6 is 0 Å². The largest absolute Gasteiger partial charge is 0.400 e. The first kappa shape index (κ1) is 21.4. The van der Waals surface area contributed by atoms with Crippen molar-refractivity contribution in [2.45, 2.75) is 26.2 Å². The number of aryl methyl sites for hydroxylation is 1. The molecule has 0 saturated carbocycles. The topological polar surface area (TPSA) is 126 Å². The number of aliphatic hydroxyl groups is 1. The number of aliphatic hydroxyl groups excluding tert-OH is 1. The van der Waals surface area contributed by atoms with Gasteiger partial charge >= 0.3 is 0 Å². The van der Waals surface area contributed by atoms with Gasteiger partial charge in [-0.15, -0.1) is 0 Å². The minimum absolute atomic E-state index is 0.463. The Morgan fingerprint density at radius 2 is 1.96 bits per heavy atom. The Balaban J connectivity index is 0.00000136. The molecule has 1 fully saturated rings. The number of carbonyl (C=O) groups excluding carboxylic acids is 1. The Labute approximate surface area is 164 Å². The van der Waals surface area contributed by atoms with Gasteiger partial charge in [-0.25, -0.2) is 4.98 Å². The molecule has 2 aromatic rings. The first-order chi connectivity index (χ1) is 13.6. The van der Waals surface area contributed by atoms with Crippen molar-refractivity contribution in [1.29, 1.82) is 0 Å². The van der Waals surface area contributed by atoms with Gasteiger partial charge in [-0.3, -0.25) is 9.78 Å². The number of hydrogen-bond donors (Lipinski definition) is 3. The number of nitrogen functional groups attached to an aromatic ring is 1. The molecular formula is C19H29N7O2. The van der Waals surface area contributed by atoms with E-state index < -0.39 is 0 Å². The van der Waals surface area contributed by atoms with Crippen molar-refractivity contribution in [1.82, 2.24) is 25.0 Å². The lowest BCUT2D eigenvalue weighted by Crippen LogP contribution is -2.34. The SMILES string of the molecule is CO.Cc1c(N2CCC(CC=O)CC2)ncc(-c2cnn(C)c2)cn[nH]c1N. The molecule has 3 heterocycles. The first-order valence-electron chi connectivity index (χ1n) is 9.24. The number of H-pyrrole nitrogens is 1. The third kappa shape index (κ3) is 5.29. The average molecular weight is 387 g/mol. The van der Waals surface area contributed by atoms with Crippen molar-refractivity contribution >= 4 is 17.9 Å². The summed E-state index contributed by atoms with van der Waals surface area (Å²) in [5.74, 6) is 1.78. The Morgan fingerprint density at radius 1 is 1.25 bits per heavy atom. The summed E-state index contributed by atoms with van der Waals surface area (Å²) in [6, 6.07) is 0. The predicted molar refractivity (Wildman–Crippen MR) is 109 cm³/mol. The molecule has 0 spiro atoms. The van der Waals surface area contributed by atoms with Gasteiger partial charge in [-0.2, -0.15) is 10.2 Å². The number of aromatic amines is 1. The lowest BCUT2D eigenvalue weighted by molar-refractivity contribution is -0.108. The minimum atomic E-state index is 0.463. The van der Waals surface area contributed by atoms with Gasteiger partial charge < -0.3 is 20.5 Å². The molecule has 1 saturated heterocycles. The molecule has 0 unspecified atom stereocenters. The lowest BCUT2D eigenvalue weighted by Gasteiger charge is -2.32. The molecule has 28 heavy (non-hydrogen) atoms. The second-order valence-electron chi connectivity index (χ2n) is 6.68. The lowest BCUT2D eigenvalue weighted by atomic mass is 9.94. The summed E-state index contributed by atoms with van der Waals surface area (Å²) in [7, 11) is 2.87. The van der Waals surface area contributed by atoms with E-state index in [4.69, 9.17) is 15.8 Å². The van der Waals surface area contributed by atoms with Crippen LogP contribution in [-0.2, 0) is 11.8 Å². The highest BCUT2D eigenvalue weighted by Gasteiger charge is 2.21. The van der Waals surface area contributed by atoms with Crippen LogP contribution < -0.4 is 10.6 Å². The van der Waals surface area contributed by atoms with E-state index in [1.165, 1.54) is 0 Å². The van der Waals surface area contributed by atoms with Crippen LogP contribution in [0.3, 0.4) is 0 Å². The summed E-state index contributed by atoms with van der Waals surface area (Å²) in [6.45, 7) is 3.66. The van der Waals surface area contributed by atoms with Gasteiger partial charge in [0.15, 0.2) is 0 Å².